The Morgan fingerprint density at radius 1 is 0.468 bits per heavy atom. The van der Waals surface area contributed by atoms with Crippen molar-refractivity contribution in [3.05, 3.63) is 34.5 Å². The van der Waals surface area contributed by atoms with E-state index in [0.717, 1.165) is 0 Å². The summed E-state index contributed by atoms with van der Waals surface area (Å²) in [4.78, 5) is 13.4. The maximum absolute atomic E-state index is 13.4. The lowest BCUT2D eigenvalue weighted by molar-refractivity contribution is 0.345. The average molecular weight is 793 g/mol. The van der Waals surface area contributed by atoms with E-state index in [4.69, 9.17) is 4.42 Å². The van der Waals surface area contributed by atoms with Gasteiger partial charge in [0, 0.05) is 11.6 Å². The molecule has 0 aliphatic heterocycles. The molecule has 0 amide bonds. The van der Waals surface area contributed by atoms with Gasteiger partial charge in [-0.2, -0.15) is 0 Å². The third-order valence-corrected chi connectivity index (χ3v) is 6.63. The molecule has 0 radical (unpaired) electrons. The average Bonchev–Trinajstić information content (AvgIpc) is 2.78. The smallest absolute Gasteiger partial charge is 0.262 e. The summed E-state index contributed by atoms with van der Waals surface area (Å²) in [5, 5.41) is -1.75. The fourth-order valence-corrected chi connectivity index (χ4v) is 5.29. The highest BCUT2D eigenvalue weighted by molar-refractivity contribution is 7.82. The van der Waals surface area contributed by atoms with E-state index in [1.54, 1.807) is 0 Å². The van der Waals surface area contributed by atoms with Gasteiger partial charge in [-0.3, -0.25) is 4.79 Å². The van der Waals surface area contributed by atoms with Crippen LogP contribution in [0.5, 0.6) is 34.5 Å². The largest absolute Gasteiger partial charge is 0.716 e. The van der Waals surface area contributed by atoms with Gasteiger partial charge in [0.2, 0.25) is 16.9 Å². The molecular weight excluding hydrogens is 789 g/mol. The molecule has 3 aromatic rings. The summed E-state index contributed by atoms with van der Waals surface area (Å²) in [6.07, 6.45) is 0. The Labute approximate surface area is 260 Å². The van der Waals surface area contributed by atoms with Gasteiger partial charge < -0.3 is 56.8 Å². The minimum Gasteiger partial charge on any atom is -0.716 e. The van der Waals surface area contributed by atoms with Gasteiger partial charge in [-0.05, 0) is 18.2 Å². The SMILES string of the molecule is O=c1c(OS(=O)(=O)[O-])c(-c2ccc(OS(=O)(=O)[O-])c(OS(=O)(=O)[O-])c2)oc2c(OS(=O)(=O)[O-])c(OS(=O)(=O)[O-])cc(OS(=O)(=O)[O-])c12. The fraction of sp³-hybridized carbons (Fsp3) is 0. The van der Waals surface area contributed by atoms with Gasteiger partial charge >= 0.3 is 0 Å². The topological polar surface area (TPSA) is 429 Å². The molecule has 0 unspecified atom stereocenters. The van der Waals surface area contributed by atoms with Crippen molar-refractivity contribution in [1.82, 2.24) is 0 Å². The second-order valence-electron chi connectivity index (χ2n) is 7.61. The third-order valence-electron chi connectivity index (χ3n) is 4.35. The first-order chi connectivity index (χ1) is 20.9. The van der Waals surface area contributed by atoms with Crippen molar-refractivity contribution in [2.45, 2.75) is 0 Å². The zero-order valence-electron chi connectivity index (χ0n) is 20.9. The molecule has 1 aromatic heterocycles. The van der Waals surface area contributed by atoms with Gasteiger partial charge in [-0.15, -0.1) is 0 Å². The lowest BCUT2D eigenvalue weighted by atomic mass is 10.1. The molecule has 1 heterocycles. The van der Waals surface area contributed by atoms with Crippen molar-refractivity contribution >= 4 is 73.4 Å². The molecule has 0 aliphatic carbocycles. The quantitative estimate of drug-likeness (QED) is 0.120. The highest BCUT2D eigenvalue weighted by Gasteiger charge is 2.30. The zero-order valence-corrected chi connectivity index (χ0v) is 25.8. The molecule has 0 fully saturated rings. The summed E-state index contributed by atoms with van der Waals surface area (Å²) in [6.45, 7) is 0. The predicted octanol–water partition coefficient (Wildman–Crippen LogP) is -3.51. The summed E-state index contributed by atoms with van der Waals surface area (Å²) in [7, 11) is -36.3. The lowest BCUT2D eigenvalue weighted by Crippen LogP contribution is -2.19. The molecule has 3 rings (SSSR count). The molecule has 0 aliphatic rings. The lowest BCUT2D eigenvalue weighted by Gasteiger charge is -2.20. The third kappa shape index (κ3) is 10.7. The van der Waals surface area contributed by atoms with E-state index in [0.29, 0.717) is 6.07 Å². The molecular formula is C15H4O26S6-6. The number of hydrogen-bond donors (Lipinski definition) is 0. The van der Waals surface area contributed by atoms with E-state index >= 15 is 0 Å². The summed E-state index contributed by atoms with van der Waals surface area (Å²) in [5.74, 6) is -12.3. The molecule has 47 heavy (non-hydrogen) atoms. The van der Waals surface area contributed by atoms with E-state index in [1.165, 1.54) is 0 Å². The molecule has 0 saturated heterocycles. The molecule has 0 bridgehead atoms. The Balaban J connectivity index is 2.68. The normalized spacial score (nSPS) is 13.1. The Bertz CT molecular complexity index is 2510. The first kappa shape index (κ1) is 37.4. The van der Waals surface area contributed by atoms with Crippen molar-refractivity contribution < 1.29 is 107 Å². The minimum absolute atomic E-state index is 0.0667. The van der Waals surface area contributed by atoms with E-state index in [1.807, 2.05) is 0 Å². The van der Waals surface area contributed by atoms with Crippen molar-refractivity contribution in [1.29, 1.82) is 0 Å². The summed E-state index contributed by atoms with van der Waals surface area (Å²) in [5.41, 5.74) is -5.18. The summed E-state index contributed by atoms with van der Waals surface area (Å²) < 4.78 is 231. The molecule has 0 atom stereocenters. The number of fused-ring (bicyclic) bond motifs is 1. The predicted molar refractivity (Wildman–Crippen MR) is 130 cm³/mol. The van der Waals surface area contributed by atoms with Crippen LogP contribution in [0, 0.1) is 0 Å². The monoisotopic (exact) mass is 792 g/mol. The Kier molecular flexibility index (Phi) is 9.68. The van der Waals surface area contributed by atoms with Crippen molar-refractivity contribution in [2.75, 3.05) is 0 Å². The van der Waals surface area contributed by atoms with Gasteiger partial charge in [-0.1, -0.05) is 0 Å². The summed E-state index contributed by atoms with van der Waals surface area (Å²) >= 11 is 0. The molecule has 0 N–H and O–H groups in total. The Morgan fingerprint density at radius 2 is 0.872 bits per heavy atom. The van der Waals surface area contributed by atoms with Crippen molar-refractivity contribution in [2.24, 2.45) is 0 Å². The van der Waals surface area contributed by atoms with Gasteiger partial charge in [0.15, 0.2) is 34.3 Å². The molecule has 32 heteroatoms. The van der Waals surface area contributed by atoms with Crippen LogP contribution in [0.2, 0.25) is 0 Å². The van der Waals surface area contributed by atoms with Crippen LogP contribution >= 0.6 is 0 Å². The maximum Gasteiger partial charge on any atom is 0.262 e. The highest BCUT2D eigenvalue weighted by atomic mass is 32.3. The first-order valence-electron chi connectivity index (χ1n) is 10.2. The fourth-order valence-electron chi connectivity index (χ4n) is 3.17. The van der Waals surface area contributed by atoms with Crippen LogP contribution < -0.4 is 30.5 Å². The van der Waals surface area contributed by atoms with Gasteiger partial charge in [0.25, 0.3) is 62.4 Å². The standard InChI is InChI=1S/C15H10O26S6/c16-11-10-8(38-44(23,24)25)4-9(39-45(26,27)28)13(40-46(29,30)31)14(10)35-12(15(11)41-47(32,33)34)5-1-2-6(36-42(17,18)19)7(3-5)37-43(20,21)22/h1-4H,(H,17,18,19)(H,20,21,22)(H,23,24,25)(H,26,27,28)(H,29,30,31)(H,32,33,34)/p-6. The second-order valence-corrected chi connectivity index (χ2v) is 13.5. The molecule has 262 valence electrons. The van der Waals surface area contributed by atoms with Gasteiger partial charge in [0.05, 0.1) is 0 Å². The number of rotatable bonds is 13. The minimum atomic E-state index is -6.19. The molecule has 0 saturated carbocycles. The van der Waals surface area contributed by atoms with Crippen LogP contribution in [0.4, 0.5) is 0 Å². The molecule has 0 spiro atoms. The molecule has 2 aromatic carbocycles. The van der Waals surface area contributed by atoms with Crippen LogP contribution in [0.1, 0.15) is 0 Å². The van der Waals surface area contributed by atoms with Crippen LogP contribution in [-0.4, -0.2) is 77.8 Å². The van der Waals surface area contributed by atoms with E-state index in [-0.39, 0.29) is 18.2 Å². The maximum atomic E-state index is 13.4. The van der Waals surface area contributed by atoms with Crippen LogP contribution in [-0.2, 0) is 62.4 Å². The van der Waals surface area contributed by atoms with Gasteiger partial charge in [-0.25, -0.2) is 50.5 Å². The number of hydrogen-bond acceptors (Lipinski definition) is 26. The summed E-state index contributed by atoms with van der Waals surface area (Å²) in [6, 6.07) is 0.399. The Hall–Kier alpha value is -4.09. The molecule has 26 nitrogen and oxygen atoms in total. The van der Waals surface area contributed by atoms with Gasteiger partial charge in [0.1, 0.15) is 5.39 Å². The second kappa shape index (κ2) is 12.2. The van der Waals surface area contributed by atoms with E-state index in [2.05, 4.69) is 25.1 Å². The zero-order chi connectivity index (χ0) is 36.1. The van der Waals surface area contributed by atoms with E-state index < -0.39 is 125 Å². The first-order valence-corrected chi connectivity index (χ1v) is 18.2. The van der Waals surface area contributed by atoms with Crippen molar-refractivity contribution in [3.8, 4) is 45.8 Å². The number of benzene rings is 2. The van der Waals surface area contributed by atoms with E-state index in [9.17, 15) is 82.6 Å². The Morgan fingerprint density at radius 3 is 1.34 bits per heavy atom. The van der Waals surface area contributed by atoms with Crippen molar-refractivity contribution in [3.63, 3.8) is 0 Å². The van der Waals surface area contributed by atoms with Crippen LogP contribution in [0.25, 0.3) is 22.3 Å². The van der Waals surface area contributed by atoms with Crippen LogP contribution in [0.3, 0.4) is 0 Å². The van der Waals surface area contributed by atoms with Crippen LogP contribution in [0.15, 0.2) is 33.5 Å². The highest BCUT2D eigenvalue weighted by Crippen LogP contribution is 2.46.